The maximum absolute atomic E-state index is 12.4. The van der Waals surface area contributed by atoms with Crippen molar-refractivity contribution in [3.63, 3.8) is 0 Å². The van der Waals surface area contributed by atoms with Gasteiger partial charge in [-0.1, -0.05) is 62.4 Å². The van der Waals surface area contributed by atoms with Crippen molar-refractivity contribution in [2.45, 2.75) is 45.6 Å². The average molecular weight is 439 g/mol. The van der Waals surface area contributed by atoms with E-state index in [0.717, 1.165) is 22.3 Å². The third-order valence-electron chi connectivity index (χ3n) is 5.68. The molecule has 3 rings (SSSR count). The fourth-order valence-corrected chi connectivity index (χ4v) is 3.90. The molecule has 2 aromatic carbocycles. The van der Waals surface area contributed by atoms with Gasteiger partial charge in [0.25, 0.3) is 0 Å². The van der Waals surface area contributed by atoms with Crippen LogP contribution in [0, 0.1) is 5.41 Å². The number of carbonyl (C=O) groups is 3. The van der Waals surface area contributed by atoms with E-state index in [4.69, 9.17) is 9.84 Å². The maximum atomic E-state index is 12.4. The Bertz CT molecular complexity index is 983. The molecular formula is C25H30N2O5. The Labute approximate surface area is 188 Å². The summed E-state index contributed by atoms with van der Waals surface area (Å²) in [4.78, 5) is 35.8. The summed E-state index contributed by atoms with van der Waals surface area (Å²) in [7, 11) is 0. The molecule has 1 aliphatic carbocycles. The van der Waals surface area contributed by atoms with E-state index in [0.29, 0.717) is 0 Å². The van der Waals surface area contributed by atoms with E-state index < -0.39 is 28.9 Å². The molecule has 32 heavy (non-hydrogen) atoms. The number of alkyl carbamates (subject to hydrolysis) is 1. The van der Waals surface area contributed by atoms with Crippen LogP contribution in [-0.2, 0) is 14.3 Å². The van der Waals surface area contributed by atoms with Gasteiger partial charge in [-0.2, -0.15) is 0 Å². The Kier molecular flexibility index (Phi) is 6.57. The van der Waals surface area contributed by atoms with Crippen molar-refractivity contribution in [1.82, 2.24) is 10.6 Å². The number of hydrogen-bond acceptors (Lipinski definition) is 4. The molecule has 2 amide bonds. The van der Waals surface area contributed by atoms with Crippen molar-refractivity contribution in [1.29, 1.82) is 0 Å². The van der Waals surface area contributed by atoms with Gasteiger partial charge in [-0.3, -0.25) is 4.79 Å². The van der Waals surface area contributed by atoms with Crippen molar-refractivity contribution in [2.24, 2.45) is 5.41 Å². The summed E-state index contributed by atoms with van der Waals surface area (Å²) in [5.41, 5.74) is 2.67. The van der Waals surface area contributed by atoms with Gasteiger partial charge < -0.3 is 20.5 Å². The predicted molar refractivity (Wildman–Crippen MR) is 121 cm³/mol. The lowest BCUT2D eigenvalue weighted by molar-refractivity contribution is -0.146. The number of nitrogens with one attached hydrogen (secondary N) is 2. The van der Waals surface area contributed by atoms with Gasteiger partial charge in [0, 0.05) is 18.9 Å². The topological polar surface area (TPSA) is 105 Å². The van der Waals surface area contributed by atoms with Crippen molar-refractivity contribution < 1.29 is 24.2 Å². The van der Waals surface area contributed by atoms with Crippen molar-refractivity contribution in [3.05, 3.63) is 59.7 Å². The molecule has 3 N–H and O–H groups in total. The van der Waals surface area contributed by atoms with E-state index in [9.17, 15) is 14.4 Å². The number of rotatable bonds is 8. The summed E-state index contributed by atoms with van der Waals surface area (Å²) >= 11 is 0. The highest BCUT2D eigenvalue weighted by atomic mass is 16.5. The third kappa shape index (κ3) is 5.28. The molecule has 0 aromatic heterocycles. The van der Waals surface area contributed by atoms with Gasteiger partial charge in [-0.05, 0) is 41.5 Å². The average Bonchev–Trinajstić information content (AvgIpc) is 3.04. The van der Waals surface area contributed by atoms with E-state index >= 15 is 0 Å². The highest BCUT2D eigenvalue weighted by Gasteiger charge is 2.32. The van der Waals surface area contributed by atoms with Crippen LogP contribution in [0.1, 0.15) is 51.2 Å². The van der Waals surface area contributed by atoms with Crippen LogP contribution in [0.25, 0.3) is 11.1 Å². The summed E-state index contributed by atoms with van der Waals surface area (Å²) < 4.78 is 5.52. The van der Waals surface area contributed by atoms with Crippen molar-refractivity contribution in [3.8, 4) is 11.1 Å². The first-order valence-electron chi connectivity index (χ1n) is 10.6. The first kappa shape index (κ1) is 23.3. The second kappa shape index (κ2) is 9.02. The van der Waals surface area contributed by atoms with E-state index in [1.165, 1.54) is 13.8 Å². The molecule has 0 saturated carbocycles. The fourth-order valence-electron chi connectivity index (χ4n) is 3.90. The Morgan fingerprint density at radius 2 is 1.47 bits per heavy atom. The van der Waals surface area contributed by atoms with Crippen LogP contribution in [-0.4, -0.2) is 41.8 Å². The second-order valence-electron chi connectivity index (χ2n) is 9.50. The van der Waals surface area contributed by atoms with Gasteiger partial charge in [0.15, 0.2) is 0 Å². The first-order chi connectivity index (χ1) is 15.0. The van der Waals surface area contributed by atoms with E-state index in [-0.39, 0.29) is 25.5 Å². The van der Waals surface area contributed by atoms with Gasteiger partial charge in [0.05, 0.1) is 0 Å². The Hall–Kier alpha value is -3.35. The second-order valence-corrected chi connectivity index (χ2v) is 9.50. The number of ether oxygens (including phenoxy) is 1. The Morgan fingerprint density at radius 3 is 2.00 bits per heavy atom. The molecule has 7 nitrogen and oxygen atoms in total. The number of fused-ring (bicyclic) bond motifs is 3. The standard InChI is InChI=1S/C25H30N2O5/c1-24(2,13-21(28)27-25(3,4)22(29)30)15-26-23(31)32-14-20-18-11-7-5-9-16(18)17-10-6-8-12-19(17)20/h5-12,20H,13-15H2,1-4H3,(H,26,31)(H,27,28)(H,29,30). The fraction of sp³-hybridized carbons (Fsp3) is 0.400. The maximum Gasteiger partial charge on any atom is 0.407 e. The molecule has 0 aliphatic heterocycles. The van der Waals surface area contributed by atoms with E-state index in [1.54, 1.807) is 0 Å². The normalized spacial score (nSPS) is 13.1. The molecule has 0 heterocycles. The SMILES string of the molecule is CC(C)(CNC(=O)OCC1c2ccccc2-c2ccccc21)CC(=O)NC(C)(C)C(=O)O. The lowest BCUT2D eigenvalue weighted by atomic mass is 9.88. The zero-order valence-corrected chi connectivity index (χ0v) is 18.9. The Balaban J connectivity index is 1.53. The van der Waals surface area contributed by atoms with Crippen molar-refractivity contribution in [2.75, 3.05) is 13.2 Å². The van der Waals surface area contributed by atoms with Crippen LogP contribution in [0.3, 0.4) is 0 Å². The largest absolute Gasteiger partial charge is 0.480 e. The van der Waals surface area contributed by atoms with Gasteiger partial charge in [-0.25, -0.2) is 9.59 Å². The lowest BCUT2D eigenvalue weighted by Crippen LogP contribution is -2.51. The van der Waals surface area contributed by atoms with E-state index in [1.807, 2.05) is 38.1 Å². The van der Waals surface area contributed by atoms with Crippen LogP contribution in [0.15, 0.2) is 48.5 Å². The third-order valence-corrected chi connectivity index (χ3v) is 5.68. The van der Waals surface area contributed by atoms with Crippen LogP contribution in [0.2, 0.25) is 0 Å². The number of aliphatic carboxylic acids is 1. The summed E-state index contributed by atoms with van der Waals surface area (Å²) in [5.74, 6) is -1.53. The molecule has 1 aliphatic rings. The minimum atomic E-state index is -1.35. The van der Waals surface area contributed by atoms with Gasteiger partial charge in [0.2, 0.25) is 5.91 Å². The molecule has 0 saturated heterocycles. The quantitative estimate of drug-likeness (QED) is 0.579. The van der Waals surface area contributed by atoms with Gasteiger partial charge >= 0.3 is 12.1 Å². The molecule has 0 unspecified atom stereocenters. The van der Waals surface area contributed by atoms with Crippen LogP contribution in [0.5, 0.6) is 0 Å². The first-order valence-corrected chi connectivity index (χ1v) is 10.6. The molecule has 2 aromatic rings. The molecular weight excluding hydrogens is 408 g/mol. The smallest absolute Gasteiger partial charge is 0.407 e. The zero-order valence-electron chi connectivity index (χ0n) is 18.9. The molecule has 0 fully saturated rings. The monoisotopic (exact) mass is 438 g/mol. The molecule has 7 heteroatoms. The number of hydrogen-bond donors (Lipinski definition) is 3. The zero-order chi connectivity index (χ0) is 23.5. The number of carbonyl (C=O) groups excluding carboxylic acids is 2. The summed E-state index contributed by atoms with van der Waals surface area (Å²) in [6.45, 7) is 6.93. The summed E-state index contributed by atoms with van der Waals surface area (Å²) in [5, 5.41) is 14.4. The molecule has 170 valence electrons. The summed E-state index contributed by atoms with van der Waals surface area (Å²) in [6, 6.07) is 16.2. The number of carboxylic acids is 1. The van der Waals surface area contributed by atoms with E-state index in [2.05, 4.69) is 34.9 Å². The molecule has 0 bridgehead atoms. The highest BCUT2D eigenvalue weighted by Crippen LogP contribution is 2.44. The van der Waals surface area contributed by atoms with Crippen LogP contribution < -0.4 is 10.6 Å². The number of amides is 2. The molecule has 0 radical (unpaired) electrons. The van der Waals surface area contributed by atoms with Gasteiger partial charge in [0.1, 0.15) is 12.1 Å². The Morgan fingerprint density at radius 1 is 0.938 bits per heavy atom. The summed E-state index contributed by atoms with van der Waals surface area (Å²) in [6.07, 6.45) is -0.487. The van der Waals surface area contributed by atoms with Crippen molar-refractivity contribution >= 4 is 18.0 Å². The molecule has 0 spiro atoms. The number of benzene rings is 2. The minimum Gasteiger partial charge on any atom is -0.480 e. The number of carboxylic acid groups (broad SMARTS) is 1. The lowest BCUT2D eigenvalue weighted by Gasteiger charge is -2.27. The molecule has 0 atom stereocenters. The van der Waals surface area contributed by atoms with Crippen LogP contribution in [0.4, 0.5) is 4.79 Å². The van der Waals surface area contributed by atoms with Gasteiger partial charge in [-0.15, -0.1) is 0 Å². The minimum absolute atomic E-state index is 0.0230. The predicted octanol–water partition coefficient (Wildman–Crippen LogP) is 3.92. The highest BCUT2D eigenvalue weighted by molar-refractivity contribution is 5.86. The van der Waals surface area contributed by atoms with Crippen LogP contribution >= 0.6 is 0 Å².